The molecule has 0 radical (unpaired) electrons. The molecule has 0 amide bonds. The van der Waals surface area contributed by atoms with Crippen LogP contribution in [0, 0.1) is 7.14 Å². The maximum absolute atomic E-state index is 10.7. The summed E-state index contributed by atoms with van der Waals surface area (Å²) in [7, 11) is -7.15. The number of hydrogen-bond acceptors (Lipinski definition) is 2. The molecule has 4 aliphatic rings. The number of ether oxygens (including phenoxy) is 2. The summed E-state index contributed by atoms with van der Waals surface area (Å²) in [6.07, 6.45) is 4.20. The summed E-state index contributed by atoms with van der Waals surface area (Å²) in [5.74, 6) is 1.96. The van der Waals surface area contributed by atoms with E-state index in [9.17, 15) is 25.2 Å². The number of methoxy groups -OCH3 is 2. The molecule has 2 nitrogen and oxygen atoms in total. The van der Waals surface area contributed by atoms with E-state index in [2.05, 4.69) is 60.7 Å². The minimum atomic E-state index is -10.7. The molecule has 0 heterocycles. The van der Waals surface area contributed by atoms with Gasteiger partial charge in [-0.2, -0.15) is 0 Å². The maximum atomic E-state index is 9.87. The van der Waals surface area contributed by atoms with Gasteiger partial charge in [-0.1, -0.05) is 24.3 Å². The van der Waals surface area contributed by atoms with Crippen LogP contribution in [0.4, 0.5) is 25.2 Å². The van der Waals surface area contributed by atoms with E-state index < -0.39 is 7.81 Å². The van der Waals surface area contributed by atoms with Crippen molar-refractivity contribution in [2.45, 2.75) is 25.7 Å². The van der Waals surface area contributed by atoms with Crippen molar-refractivity contribution in [3.05, 3.63) is 90.1 Å². The van der Waals surface area contributed by atoms with Crippen molar-refractivity contribution in [1.82, 2.24) is 0 Å². The van der Waals surface area contributed by atoms with E-state index in [4.69, 9.17) is 9.47 Å². The normalized spacial score (nSPS) is 15.2. The fraction of sp³-hybridized carbons (Fsp3) is 0.250. The molecule has 186 valence electrons. The zero-order valence-corrected chi connectivity index (χ0v) is 21.6. The molecule has 0 saturated heterocycles. The third kappa shape index (κ3) is 9.33. The fourth-order valence-electron chi connectivity index (χ4n) is 3.48. The van der Waals surface area contributed by atoms with Crippen LogP contribution in [0.2, 0.25) is 0 Å². The molecule has 0 unspecified atom stereocenters. The van der Waals surface area contributed by atoms with Crippen molar-refractivity contribution in [3.63, 3.8) is 0 Å². The van der Waals surface area contributed by atoms with Crippen molar-refractivity contribution in [1.29, 1.82) is 0 Å². The monoisotopic (exact) mass is 616 g/mol. The van der Waals surface area contributed by atoms with Gasteiger partial charge in [0.2, 0.25) is 0 Å². The Bertz CT molecular complexity index is 1120. The molecule has 0 aromatic heterocycles. The number of hydrogen-bond donors (Lipinski definition) is 0. The summed E-state index contributed by atoms with van der Waals surface area (Å²) < 4.78 is 73.2. The Morgan fingerprint density at radius 1 is 0.647 bits per heavy atom. The molecule has 0 saturated carbocycles. The van der Waals surface area contributed by atoms with Gasteiger partial charge in [-0.25, -0.2) is 0 Å². The Labute approximate surface area is 204 Å². The summed E-state index contributed by atoms with van der Waals surface area (Å²) in [6.45, 7) is 0. The zero-order valence-electron chi connectivity index (χ0n) is 18.5. The van der Waals surface area contributed by atoms with Crippen LogP contribution in [0.15, 0.2) is 60.7 Å². The van der Waals surface area contributed by atoms with Crippen molar-refractivity contribution in [3.8, 4) is 11.5 Å². The average molecular weight is 616 g/mol. The van der Waals surface area contributed by atoms with E-state index >= 15 is 0 Å². The summed E-state index contributed by atoms with van der Waals surface area (Å²) >= 11 is -0.233. The topological polar surface area (TPSA) is 18.5 Å². The van der Waals surface area contributed by atoms with E-state index in [-0.39, 0.29) is 21.2 Å². The quantitative estimate of drug-likeness (QED) is 0.231. The van der Waals surface area contributed by atoms with E-state index in [1.54, 1.807) is 14.2 Å². The van der Waals surface area contributed by atoms with Crippen LogP contribution in [0.25, 0.3) is 0 Å². The van der Waals surface area contributed by atoms with Gasteiger partial charge in [0.05, 0.1) is 14.2 Å². The molecule has 34 heavy (non-hydrogen) atoms. The zero-order chi connectivity index (χ0) is 25.0. The van der Waals surface area contributed by atoms with Crippen LogP contribution in [0.5, 0.6) is 11.5 Å². The molecule has 3 aromatic rings. The molecule has 0 N–H and O–H groups in total. The minimum absolute atomic E-state index is 0.233. The van der Waals surface area contributed by atoms with Crippen LogP contribution < -0.4 is 30.7 Å². The molecule has 0 aliphatic heterocycles. The fourth-order valence-corrected chi connectivity index (χ4v) is 6.18. The Kier molecular flexibility index (Phi) is 7.49. The van der Waals surface area contributed by atoms with Gasteiger partial charge >= 0.3 is 54.2 Å². The van der Waals surface area contributed by atoms with Gasteiger partial charge in [0, 0.05) is 5.56 Å². The SMILES string of the molecule is COc1ccc([I+]c2cc3c(OC)cc2CCc2ccc(cc2)CC3)cc1.F[P-](F)(F)(F)(F)F. The number of rotatable bonds is 4. The van der Waals surface area contributed by atoms with E-state index in [0.717, 1.165) is 37.2 Å². The Balaban J connectivity index is 0.000000406. The first-order valence-corrected chi connectivity index (χ1v) is 14.5. The molecule has 4 aliphatic carbocycles. The summed E-state index contributed by atoms with van der Waals surface area (Å²) in [5, 5.41) is 0. The number of aryl methyl sites for hydroxylation is 4. The van der Waals surface area contributed by atoms with Gasteiger partial charge in [0.25, 0.3) is 0 Å². The second kappa shape index (κ2) is 9.57. The van der Waals surface area contributed by atoms with Gasteiger partial charge in [-0.05, 0) is 78.8 Å². The van der Waals surface area contributed by atoms with E-state index in [1.807, 2.05) is 0 Å². The Morgan fingerprint density at radius 2 is 1.15 bits per heavy atom. The molecule has 7 rings (SSSR count). The van der Waals surface area contributed by atoms with E-state index in [0.29, 0.717) is 0 Å². The van der Waals surface area contributed by atoms with Crippen molar-refractivity contribution < 1.29 is 55.9 Å². The first kappa shape index (κ1) is 26.6. The number of benzene rings is 3. The molecular formula is C24H24F6IO2P. The molecule has 0 spiro atoms. The third-order valence-electron chi connectivity index (χ3n) is 5.10. The van der Waals surface area contributed by atoms with E-state index in [1.165, 1.54) is 29.4 Å². The van der Waals surface area contributed by atoms with Crippen LogP contribution in [0.1, 0.15) is 22.3 Å². The second-order valence-electron chi connectivity index (χ2n) is 7.78. The average Bonchev–Trinajstić information content (AvgIpc) is 2.74. The Hall–Kier alpha value is -2.00. The first-order valence-electron chi connectivity index (χ1n) is 10.3. The third-order valence-corrected chi connectivity index (χ3v) is 8.03. The van der Waals surface area contributed by atoms with Crippen molar-refractivity contribution in [2.75, 3.05) is 14.2 Å². The standard InChI is InChI=1S/C24H24IO2.F6P/c1-26-22-13-11-21(12-14-22)25-23-15-20-10-8-18-5-3-17(4-6-18)7-9-19(23)16-24(20)27-2;1-7(2,3,4,5)6/h3-6,11-16H,7-10H2,1-2H3;/q+1;-1. The second-order valence-corrected chi connectivity index (χ2v) is 12.6. The van der Waals surface area contributed by atoms with Gasteiger partial charge in [-0.15, -0.1) is 0 Å². The van der Waals surface area contributed by atoms with Crippen LogP contribution >= 0.6 is 7.81 Å². The van der Waals surface area contributed by atoms with Crippen LogP contribution in [0.3, 0.4) is 0 Å². The van der Waals surface area contributed by atoms with Crippen molar-refractivity contribution in [2.24, 2.45) is 0 Å². The van der Waals surface area contributed by atoms with Crippen molar-refractivity contribution >= 4 is 7.81 Å². The molecule has 4 bridgehead atoms. The number of halogens is 7. The molecular weight excluding hydrogens is 592 g/mol. The molecule has 0 atom stereocenters. The van der Waals surface area contributed by atoms with Gasteiger partial charge in [0.15, 0.2) is 7.14 Å². The Morgan fingerprint density at radius 3 is 1.62 bits per heavy atom. The molecule has 3 aromatic carbocycles. The van der Waals surface area contributed by atoms with Gasteiger partial charge in [-0.3, -0.25) is 0 Å². The molecule has 10 heteroatoms. The predicted octanol–water partition coefficient (Wildman–Crippen LogP) is 5.10. The summed E-state index contributed by atoms with van der Waals surface area (Å²) in [4.78, 5) is 0. The van der Waals surface area contributed by atoms with Gasteiger partial charge in [0.1, 0.15) is 11.5 Å². The van der Waals surface area contributed by atoms with Crippen LogP contribution in [-0.4, -0.2) is 14.2 Å². The van der Waals surface area contributed by atoms with Gasteiger partial charge < -0.3 is 9.47 Å². The molecule has 0 fully saturated rings. The predicted molar refractivity (Wildman–Crippen MR) is 118 cm³/mol. The first-order chi connectivity index (χ1) is 15.7. The summed E-state index contributed by atoms with van der Waals surface area (Å²) in [6, 6.07) is 22.4. The summed E-state index contributed by atoms with van der Waals surface area (Å²) in [5.41, 5.74) is 5.57. The van der Waals surface area contributed by atoms with Crippen LogP contribution in [-0.2, 0) is 25.7 Å².